The number of aliphatic carboxylic acids is 1. The molecule has 0 aliphatic heterocycles. The summed E-state index contributed by atoms with van der Waals surface area (Å²) in [5.41, 5.74) is 3.78. The molecule has 3 aromatic carbocycles. The van der Waals surface area contributed by atoms with Gasteiger partial charge in [0, 0.05) is 17.2 Å². The summed E-state index contributed by atoms with van der Waals surface area (Å²) < 4.78 is 0. The molecule has 168 valence electrons. The lowest BCUT2D eigenvalue weighted by atomic mass is 9.88. The summed E-state index contributed by atoms with van der Waals surface area (Å²) in [6.07, 6.45) is 2.11. The second-order valence-electron chi connectivity index (χ2n) is 8.40. The molecule has 3 aromatic rings. The fourth-order valence-corrected chi connectivity index (χ4v) is 4.41. The largest absolute Gasteiger partial charge is 0.508 e. The van der Waals surface area contributed by atoms with Gasteiger partial charge in [0.1, 0.15) is 5.75 Å². The number of carbonyl (C=O) groups is 3. The summed E-state index contributed by atoms with van der Waals surface area (Å²) in [6, 6.07) is 21.2. The predicted octanol–water partition coefficient (Wildman–Crippen LogP) is 4.92. The van der Waals surface area contributed by atoms with Gasteiger partial charge in [-0.3, -0.25) is 14.4 Å². The van der Waals surface area contributed by atoms with E-state index in [2.05, 4.69) is 5.32 Å². The molecule has 6 nitrogen and oxygen atoms in total. The molecular formula is C27H25NO5. The van der Waals surface area contributed by atoms with Gasteiger partial charge in [-0.2, -0.15) is 0 Å². The van der Waals surface area contributed by atoms with Gasteiger partial charge in [0.15, 0.2) is 5.78 Å². The number of phenolic OH excluding ortho intramolecular Hbond substituents is 1. The monoisotopic (exact) mass is 443 g/mol. The summed E-state index contributed by atoms with van der Waals surface area (Å²) in [5.74, 6) is -2.08. The highest BCUT2D eigenvalue weighted by molar-refractivity contribution is 6.00. The molecule has 1 fully saturated rings. The van der Waals surface area contributed by atoms with Crippen molar-refractivity contribution < 1.29 is 24.6 Å². The van der Waals surface area contributed by atoms with E-state index >= 15 is 0 Å². The minimum atomic E-state index is -0.892. The lowest BCUT2D eigenvalue weighted by molar-refractivity contribution is -0.142. The first-order valence-corrected chi connectivity index (χ1v) is 11.0. The highest BCUT2D eigenvalue weighted by Gasteiger charge is 2.37. The number of phenols is 1. The van der Waals surface area contributed by atoms with Crippen molar-refractivity contribution in [2.24, 2.45) is 11.8 Å². The van der Waals surface area contributed by atoms with Crippen LogP contribution in [0.3, 0.4) is 0 Å². The molecule has 33 heavy (non-hydrogen) atoms. The fourth-order valence-electron chi connectivity index (χ4n) is 4.41. The van der Waals surface area contributed by atoms with Crippen molar-refractivity contribution in [3.05, 3.63) is 83.9 Å². The Balaban J connectivity index is 1.39. The van der Waals surface area contributed by atoms with Gasteiger partial charge < -0.3 is 15.5 Å². The molecule has 1 saturated carbocycles. The van der Waals surface area contributed by atoms with Crippen LogP contribution in [0.25, 0.3) is 11.1 Å². The van der Waals surface area contributed by atoms with Gasteiger partial charge in [-0.05, 0) is 53.8 Å². The number of ketones is 1. The Labute approximate surface area is 191 Å². The van der Waals surface area contributed by atoms with Gasteiger partial charge in [0.25, 0.3) is 0 Å². The summed E-state index contributed by atoms with van der Waals surface area (Å²) in [6.45, 7) is 0. The molecule has 0 radical (unpaired) electrons. The zero-order valence-electron chi connectivity index (χ0n) is 18.0. The van der Waals surface area contributed by atoms with E-state index in [1.54, 1.807) is 36.4 Å². The number of Topliss-reactive ketones (excluding diaryl/α,β-unsaturated/α-hetero) is 1. The lowest BCUT2D eigenvalue weighted by Gasteiger charge is -2.14. The maximum atomic E-state index is 12.8. The Morgan fingerprint density at radius 3 is 2.12 bits per heavy atom. The average molecular weight is 443 g/mol. The van der Waals surface area contributed by atoms with E-state index in [-0.39, 0.29) is 23.9 Å². The second-order valence-corrected chi connectivity index (χ2v) is 8.40. The van der Waals surface area contributed by atoms with E-state index < -0.39 is 17.8 Å². The Bertz CT molecular complexity index is 1170. The SMILES string of the molecule is O=C(Cc1cccc(O)c1)Nc1ccc(-c2ccc(C(=O)[C@@H]3CCCC3C(=O)O)cc2)cc1. The zero-order valence-corrected chi connectivity index (χ0v) is 18.0. The van der Waals surface area contributed by atoms with Crippen LogP contribution < -0.4 is 5.32 Å². The Kier molecular flexibility index (Phi) is 6.54. The normalized spacial score (nSPS) is 17.5. The summed E-state index contributed by atoms with van der Waals surface area (Å²) in [7, 11) is 0. The van der Waals surface area contributed by atoms with Crippen molar-refractivity contribution >= 4 is 23.3 Å². The molecule has 0 aromatic heterocycles. The number of amides is 1. The molecule has 1 aliphatic rings. The third-order valence-electron chi connectivity index (χ3n) is 6.12. The molecule has 6 heteroatoms. The fraction of sp³-hybridized carbons (Fsp3) is 0.222. The first-order chi connectivity index (χ1) is 15.9. The van der Waals surface area contributed by atoms with Crippen LogP contribution in [0.4, 0.5) is 5.69 Å². The van der Waals surface area contributed by atoms with E-state index in [0.29, 0.717) is 24.1 Å². The summed E-state index contributed by atoms with van der Waals surface area (Å²) in [5, 5.41) is 21.7. The van der Waals surface area contributed by atoms with Crippen LogP contribution in [0, 0.1) is 11.8 Å². The maximum absolute atomic E-state index is 12.8. The number of hydrogen-bond acceptors (Lipinski definition) is 4. The molecule has 0 saturated heterocycles. The van der Waals surface area contributed by atoms with Crippen molar-refractivity contribution in [1.82, 2.24) is 0 Å². The zero-order chi connectivity index (χ0) is 23.4. The second kappa shape index (κ2) is 9.69. The number of carboxylic acids is 1. The van der Waals surface area contributed by atoms with E-state index in [0.717, 1.165) is 23.1 Å². The highest BCUT2D eigenvalue weighted by atomic mass is 16.4. The molecule has 0 spiro atoms. The van der Waals surface area contributed by atoms with Crippen LogP contribution >= 0.6 is 0 Å². The highest BCUT2D eigenvalue weighted by Crippen LogP contribution is 2.35. The maximum Gasteiger partial charge on any atom is 0.307 e. The van der Waals surface area contributed by atoms with Gasteiger partial charge in [0.2, 0.25) is 5.91 Å². The Morgan fingerprint density at radius 2 is 1.48 bits per heavy atom. The van der Waals surface area contributed by atoms with E-state index in [1.807, 2.05) is 36.4 Å². The van der Waals surface area contributed by atoms with Gasteiger partial charge >= 0.3 is 5.97 Å². The van der Waals surface area contributed by atoms with Crippen LogP contribution in [0.15, 0.2) is 72.8 Å². The number of hydrogen-bond donors (Lipinski definition) is 3. The van der Waals surface area contributed by atoms with Crippen molar-refractivity contribution in [2.75, 3.05) is 5.32 Å². The van der Waals surface area contributed by atoms with Gasteiger partial charge in [0.05, 0.1) is 12.3 Å². The van der Waals surface area contributed by atoms with Crippen LogP contribution in [-0.4, -0.2) is 27.9 Å². The number of nitrogens with one attached hydrogen (secondary N) is 1. The third kappa shape index (κ3) is 5.29. The topological polar surface area (TPSA) is 104 Å². The molecule has 3 N–H and O–H groups in total. The molecular weight excluding hydrogens is 418 g/mol. The van der Waals surface area contributed by atoms with Crippen LogP contribution in [0.2, 0.25) is 0 Å². The molecule has 1 aliphatic carbocycles. The summed E-state index contributed by atoms with van der Waals surface area (Å²) >= 11 is 0. The van der Waals surface area contributed by atoms with E-state index in [9.17, 15) is 24.6 Å². The van der Waals surface area contributed by atoms with Crippen LogP contribution in [0.1, 0.15) is 35.2 Å². The number of benzene rings is 3. The first kappa shape index (κ1) is 22.3. The van der Waals surface area contributed by atoms with Crippen molar-refractivity contribution in [2.45, 2.75) is 25.7 Å². The van der Waals surface area contributed by atoms with Gasteiger partial charge in [-0.15, -0.1) is 0 Å². The van der Waals surface area contributed by atoms with Gasteiger partial charge in [-0.1, -0.05) is 55.0 Å². The minimum absolute atomic E-state index is 0.101. The third-order valence-corrected chi connectivity index (χ3v) is 6.12. The van der Waals surface area contributed by atoms with Crippen LogP contribution in [-0.2, 0) is 16.0 Å². The first-order valence-electron chi connectivity index (χ1n) is 11.0. The number of anilines is 1. The number of carbonyl (C=O) groups excluding carboxylic acids is 2. The number of aromatic hydroxyl groups is 1. The quantitative estimate of drug-likeness (QED) is 0.450. The molecule has 0 heterocycles. The van der Waals surface area contributed by atoms with Crippen molar-refractivity contribution in [3.8, 4) is 16.9 Å². The van der Waals surface area contributed by atoms with E-state index in [1.165, 1.54) is 0 Å². The molecule has 2 atom stereocenters. The lowest BCUT2D eigenvalue weighted by Crippen LogP contribution is -2.25. The Hall–Kier alpha value is -3.93. The number of carboxylic acid groups (broad SMARTS) is 1. The molecule has 1 amide bonds. The average Bonchev–Trinajstić information content (AvgIpc) is 3.30. The molecule has 0 bridgehead atoms. The number of rotatable bonds is 7. The minimum Gasteiger partial charge on any atom is -0.508 e. The smallest absolute Gasteiger partial charge is 0.307 e. The molecule has 4 rings (SSSR count). The van der Waals surface area contributed by atoms with Crippen molar-refractivity contribution in [3.63, 3.8) is 0 Å². The predicted molar refractivity (Wildman–Crippen MR) is 125 cm³/mol. The standard InChI is InChI=1S/C27H25NO5/c29-22-4-1-3-17(15-22)16-25(30)28-21-13-11-19(12-14-21)18-7-9-20(10-8-18)26(31)23-5-2-6-24(23)27(32)33/h1,3-4,7-15,23-24,29H,2,5-6,16H2,(H,28,30)(H,32,33)/t23-,24?/m1/s1. The van der Waals surface area contributed by atoms with Crippen molar-refractivity contribution in [1.29, 1.82) is 0 Å². The Morgan fingerprint density at radius 1 is 0.848 bits per heavy atom. The summed E-state index contributed by atoms with van der Waals surface area (Å²) in [4.78, 5) is 36.4. The molecule has 1 unspecified atom stereocenters. The van der Waals surface area contributed by atoms with Crippen LogP contribution in [0.5, 0.6) is 5.75 Å². The van der Waals surface area contributed by atoms with Gasteiger partial charge in [-0.25, -0.2) is 0 Å². The van der Waals surface area contributed by atoms with E-state index in [4.69, 9.17) is 0 Å².